The van der Waals surface area contributed by atoms with E-state index < -0.39 is 0 Å². The SMILES string of the molecule is F.[BaH2].[Hf].[NaH].[Zr]. The van der Waals surface area contributed by atoms with Crippen LogP contribution < -0.4 is 0 Å². The Morgan fingerprint density at radius 3 is 1.00 bits per heavy atom. The van der Waals surface area contributed by atoms with Crippen LogP contribution in [0.3, 0.4) is 0 Å². The van der Waals surface area contributed by atoms with Crippen LogP contribution in [-0.4, -0.2) is 78.4 Å². The van der Waals surface area contributed by atoms with Crippen molar-refractivity contribution in [1.29, 1.82) is 0 Å². The Hall–Kier alpha value is 4.25. The van der Waals surface area contributed by atoms with Crippen molar-refractivity contribution in [3.05, 3.63) is 0 Å². The molecule has 0 fully saturated rings. The van der Waals surface area contributed by atoms with E-state index in [-0.39, 0.29) is 135 Å². The van der Waals surface area contributed by atoms with Gasteiger partial charge in [0.15, 0.2) is 0 Å². The fraction of sp³-hybridized carbons (Fsp3) is 0. The van der Waals surface area contributed by atoms with Gasteiger partial charge in [0.2, 0.25) is 0 Å². The molecule has 0 radical (unpaired) electrons. The van der Waals surface area contributed by atoms with Crippen LogP contribution in [0, 0.1) is 0 Å². The van der Waals surface area contributed by atoms with Crippen LogP contribution in [0.4, 0.5) is 4.70 Å². The van der Waals surface area contributed by atoms with Gasteiger partial charge in [0, 0.05) is 52.0 Å². The van der Waals surface area contributed by atoms with Crippen LogP contribution in [0.25, 0.3) is 0 Å². The zero-order chi connectivity index (χ0) is 0. The molecular formula is H4BaFHfNaZr. The summed E-state index contributed by atoms with van der Waals surface area (Å²) in [4.78, 5) is 0. The maximum absolute atomic E-state index is 0. The standard InChI is InChI=1S/Ba.FH.Hf.Na.Zr.3H/h;1H;;;;;;. The van der Waals surface area contributed by atoms with Gasteiger partial charge in [0.05, 0.1) is 0 Å². The molecule has 0 heterocycles. The van der Waals surface area contributed by atoms with Crippen molar-refractivity contribution < 1.29 is 56.8 Å². The van der Waals surface area contributed by atoms with E-state index in [0.717, 1.165) is 0 Å². The van der Waals surface area contributed by atoms with Gasteiger partial charge in [-0.1, -0.05) is 0 Å². The second-order valence-electron chi connectivity index (χ2n) is 0. The summed E-state index contributed by atoms with van der Waals surface area (Å²) >= 11 is 0. The normalized spacial score (nSPS) is 0. The largest absolute Gasteiger partial charge is 0 e. The average Bonchev–Trinajstić information content (AvgIpc) is 0. The van der Waals surface area contributed by atoms with Crippen molar-refractivity contribution in [2.24, 2.45) is 0 Å². The average molecular weight is 453 g/mol. The van der Waals surface area contributed by atoms with Gasteiger partial charge in [0.25, 0.3) is 0 Å². The van der Waals surface area contributed by atoms with E-state index in [1.807, 2.05) is 0 Å². The van der Waals surface area contributed by atoms with Crippen molar-refractivity contribution in [2.75, 3.05) is 0 Å². The smallest absolute Gasteiger partial charge is 0 e. The summed E-state index contributed by atoms with van der Waals surface area (Å²) in [6.07, 6.45) is 0. The molecule has 22 valence electrons. The van der Waals surface area contributed by atoms with Gasteiger partial charge in [-0.2, -0.15) is 0 Å². The van der Waals surface area contributed by atoms with Crippen LogP contribution >= 0.6 is 0 Å². The van der Waals surface area contributed by atoms with Crippen molar-refractivity contribution in [3.8, 4) is 0 Å². The predicted molar refractivity (Wildman–Crippen MR) is 18.2 cm³/mol. The van der Waals surface area contributed by atoms with Crippen LogP contribution in [0.5, 0.6) is 0 Å². The summed E-state index contributed by atoms with van der Waals surface area (Å²) in [5.74, 6) is 0. The second kappa shape index (κ2) is 24.0. The van der Waals surface area contributed by atoms with Gasteiger partial charge < -0.3 is 0 Å². The zero-order valence-corrected chi connectivity index (χ0v) is 7.46. The Balaban J connectivity index is 0. The summed E-state index contributed by atoms with van der Waals surface area (Å²) in [5.41, 5.74) is 0. The quantitative estimate of drug-likeness (QED) is 0.396. The number of hydrogen-bond donors (Lipinski definition) is 0. The van der Waals surface area contributed by atoms with Gasteiger partial charge in [-0.05, 0) is 0 Å². The minimum absolute atomic E-state index is 0. The molecule has 0 aromatic carbocycles. The Kier molecular flexibility index (Phi) is 167. The summed E-state index contributed by atoms with van der Waals surface area (Å²) < 4.78 is 0. The molecule has 5 heteroatoms. The molecule has 0 rings (SSSR count). The molecule has 0 N–H and O–H groups in total. The molecule has 5 heavy (non-hydrogen) atoms. The molecule has 0 bridgehead atoms. The molecule has 0 saturated heterocycles. The van der Waals surface area contributed by atoms with Crippen molar-refractivity contribution in [3.63, 3.8) is 0 Å². The molecular weight excluding hydrogens is 449 g/mol. The van der Waals surface area contributed by atoms with Crippen LogP contribution in [0.15, 0.2) is 0 Å². The zero-order valence-electron chi connectivity index (χ0n) is 1.41. The van der Waals surface area contributed by atoms with Gasteiger partial charge in [0.1, 0.15) is 0 Å². The first-order chi connectivity index (χ1) is 0. The van der Waals surface area contributed by atoms with E-state index in [1.54, 1.807) is 0 Å². The summed E-state index contributed by atoms with van der Waals surface area (Å²) in [6.45, 7) is 0. The fourth-order valence-corrected chi connectivity index (χ4v) is 0. The van der Waals surface area contributed by atoms with Gasteiger partial charge >= 0.3 is 78.4 Å². The molecule has 0 spiro atoms. The van der Waals surface area contributed by atoms with Gasteiger partial charge in [-0.3, -0.25) is 4.70 Å². The molecule has 0 atom stereocenters. The molecule has 0 saturated carbocycles. The van der Waals surface area contributed by atoms with Crippen molar-refractivity contribution in [2.45, 2.75) is 0 Å². The molecule has 0 nitrogen and oxygen atoms in total. The van der Waals surface area contributed by atoms with E-state index in [0.29, 0.717) is 0 Å². The first kappa shape index (κ1) is 34.8. The van der Waals surface area contributed by atoms with E-state index in [1.165, 1.54) is 0 Å². The summed E-state index contributed by atoms with van der Waals surface area (Å²) in [7, 11) is 0. The minimum Gasteiger partial charge on any atom is 0 e. The first-order valence-electron chi connectivity index (χ1n) is 0. The Morgan fingerprint density at radius 2 is 1.00 bits per heavy atom. The summed E-state index contributed by atoms with van der Waals surface area (Å²) in [5, 5.41) is 0. The molecule has 0 amide bonds. The third kappa shape index (κ3) is 17.8. The van der Waals surface area contributed by atoms with Gasteiger partial charge in [-0.15, -0.1) is 0 Å². The topological polar surface area (TPSA) is 0 Å². The molecule has 0 aromatic heterocycles. The van der Waals surface area contributed by atoms with Gasteiger partial charge in [-0.25, -0.2) is 0 Å². The number of rotatable bonds is 0. The maximum atomic E-state index is 0. The number of hydrogen-bond acceptors (Lipinski definition) is 0. The fourth-order valence-electron chi connectivity index (χ4n) is 0. The molecule has 0 unspecified atom stereocenters. The van der Waals surface area contributed by atoms with Crippen molar-refractivity contribution in [1.82, 2.24) is 0 Å². The molecule has 0 aliphatic carbocycles. The van der Waals surface area contributed by atoms with Crippen LogP contribution in [-0.2, 0) is 52.0 Å². The van der Waals surface area contributed by atoms with Crippen LogP contribution in [0.1, 0.15) is 0 Å². The van der Waals surface area contributed by atoms with E-state index in [4.69, 9.17) is 0 Å². The molecule has 0 aromatic rings. The summed E-state index contributed by atoms with van der Waals surface area (Å²) in [6, 6.07) is 0. The number of halogens is 1. The maximum Gasteiger partial charge on any atom is 0 e. The third-order valence-corrected chi connectivity index (χ3v) is 0. The minimum atomic E-state index is 0. The third-order valence-electron chi connectivity index (χ3n) is 0. The first-order valence-corrected chi connectivity index (χ1v) is 0. The van der Waals surface area contributed by atoms with E-state index in [9.17, 15) is 0 Å². The molecule has 0 aliphatic heterocycles. The molecule has 0 aliphatic rings. The van der Waals surface area contributed by atoms with Crippen molar-refractivity contribution >= 4 is 78.4 Å². The predicted octanol–water partition coefficient (Wildman–Crippen LogP) is -1.42. The Morgan fingerprint density at radius 1 is 1.00 bits per heavy atom. The van der Waals surface area contributed by atoms with Crippen LogP contribution in [0.2, 0.25) is 0 Å². The second-order valence-corrected chi connectivity index (χ2v) is 0. The Labute approximate surface area is 131 Å². The monoisotopic (exact) mass is 454 g/mol. The van der Waals surface area contributed by atoms with E-state index >= 15 is 0 Å². The Bertz CT molecular complexity index is 11.6. The van der Waals surface area contributed by atoms with E-state index in [2.05, 4.69) is 0 Å².